The molecule has 0 unspecified atom stereocenters. The average molecular weight is 329 g/mol. The number of ether oxygens (including phenoxy) is 1. The minimum Gasteiger partial charge on any atom is -0.493 e. The number of hydrogen-bond donors (Lipinski definition) is 2. The minimum atomic E-state index is -0.465. The van der Waals surface area contributed by atoms with Crippen LogP contribution < -0.4 is 10.1 Å². The van der Waals surface area contributed by atoms with Gasteiger partial charge in [-0.25, -0.2) is 0 Å². The largest absolute Gasteiger partial charge is 0.493 e. The molecule has 128 valence electrons. The summed E-state index contributed by atoms with van der Waals surface area (Å²) in [6, 6.07) is 5.62. The summed E-state index contributed by atoms with van der Waals surface area (Å²) in [6.07, 6.45) is 5.15. The first-order chi connectivity index (χ1) is 11.6. The van der Waals surface area contributed by atoms with Crippen molar-refractivity contribution in [2.75, 3.05) is 13.2 Å². The number of aliphatic hydroxyl groups is 1. The Balaban J connectivity index is 1.61. The van der Waals surface area contributed by atoms with Crippen molar-refractivity contribution in [1.82, 2.24) is 5.32 Å². The Bertz CT molecular complexity index is 766. The predicted octanol–water partition coefficient (Wildman–Crippen LogP) is 3.17. The lowest BCUT2D eigenvalue weighted by molar-refractivity contribution is 0.0641. The van der Waals surface area contributed by atoms with Crippen LogP contribution in [0.4, 0.5) is 0 Å². The van der Waals surface area contributed by atoms with Gasteiger partial charge in [0.1, 0.15) is 17.1 Å². The second kappa shape index (κ2) is 5.81. The maximum Gasteiger partial charge on any atom is 0.255 e. The lowest BCUT2D eigenvalue weighted by Crippen LogP contribution is -2.56. The highest BCUT2D eigenvalue weighted by atomic mass is 16.5. The molecular formula is C19H23NO4. The van der Waals surface area contributed by atoms with Crippen LogP contribution in [0.15, 0.2) is 22.6 Å². The van der Waals surface area contributed by atoms with E-state index in [9.17, 15) is 9.90 Å². The molecule has 0 bridgehead atoms. The maximum atomic E-state index is 12.8. The summed E-state index contributed by atoms with van der Waals surface area (Å²) in [4.78, 5) is 12.8. The van der Waals surface area contributed by atoms with Gasteiger partial charge in [0, 0.05) is 5.39 Å². The van der Waals surface area contributed by atoms with Crippen LogP contribution in [0.5, 0.6) is 5.75 Å². The number of benzene rings is 1. The van der Waals surface area contributed by atoms with Crippen molar-refractivity contribution in [3.8, 4) is 5.75 Å². The van der Waals surface area contributed by atoms with E-state index in [0.29, 0.717) is 22.8 Å². The molecule has 2 N–H and O–H groups in total. The molecular weight excluding hydrogens is 306 g/mol. The van der Waals surface area contributed by atoms with Gasteiger partial charge in [-0.3, -0.25) is 4.79 Å². The fourth-order valence-corrected chi connectivity index (χ4v) is 3.30. The van der Waals surface area contributed by atoms with Gasteiger partial charge in [-0.2, -0.15) is 0 Å². The van der Waals surface area contributed by atoms with E-state index in [1.54, 1.807) is 6.92 Å². The highest BCUT2D eigenvalue weighted by Crippen LogP contribution is 2.34. The summed E-state index contributed by atoms with van der Waals surface area (Å²) in [5.74, 6) is 1.86. The van der Waals surface area contributed by atoms with E-state index in [1.165, 1.54) is 12.8 Å². The van der Waals surface area contributed by atoms with Crippen LogP contribution in [0.3, 0.4) is 0 Å². The van der Waals surface area contributed by atoms with Crippen LogP contribution >= 0.6 is 0 Å². The van der Waals surface area contributed by atoms with Gasteiger partial charge < -0.3 is 19.6 Å². The Morgan fingerprint density at radius 1 is 1.42 bits per heavy atom. The quantitative estimate of drug-likeness (QED) is 0.854. The van der Waals surface area contributed by atoms with Crippen molar-refractivity contribution in [2.45, 2.75) is 44.6 Å². The third kappa shape index (κ3) is 2.77. The molecule has 24 heavy (non-hydrogen) atoms. The predicted molar refractivity (Wildman–Crippen MR) is 90.3 cm³/mol. The lowest BCUT2D eigenvalue weighted by Gasteiger charge is -2.40. The molecule has 0 spiro atoms. The third-order valence-electron chi connectivity index (χ3n) is 5.24. The molecule has 1 aromatic carbocycles. The third-order valence-corrected chi connectivity index (χ3v) is 5.24. The summed E-state index contributed by atoms with van der Waals surface area (Å²) < 4.78 is 11.6. The first-order valence-electron chi connectivity index (χ1n) is 8.69. The smallest absolute Gasteiger partial charge is 0.255 e. The molecule has 2 fully saturated rings. The number of carbonyl (C=O) groups is 1. The fraction of sp³-hybridized carbons (Fsp3) is 0.526. The normalized spacial score (nSPS) is 19.1. The molecule has 5 nitrogen and oxygen atoms in total. The second-order valence-corrected chi connectivity index (χ2v) is 7.19. The SMILES string of the molecule is Cc1oc2ccc(OCC3CC3)cc2c1C(=O)NC1(CO)CCC1. The molecule has 1 heterocycles. The first-order valence-corrected chi connectivity index (χ1v) is 8.69. The molecule has 2 saturated carbocycles. The molecule has 1 amide bonds. The van der Waals surface area contributed by atoms with Crippen LogP contribution in [0.2, 0.25) is 0 Å². The Morgan fingerprint density at radius 2 is 2.21 bits per heavy atom. The topological polar surface area (TPSA) is 71.7 Å². The van der Waals surface area contributed by atoms with Gasteiger partial charge in [0.05, 0.1) is 24.3 Å². The summed E-state index contributed by atoms with van der Waals surface area (Å²) in [5.41, 5.74) is 0.761. The van der Waals surface area contributed by atoms with Gasteiger partial charge in [0.2, 0.25) is 0 Å². The molecule has 5 heteroatoms. The van der Waals surface area contributed by atoms with E-state index in [4.69, 9.17) is 9.15 Å². The molecule has 4 rings (SSSR count). The molecule has 1 aromatic heterocycles. The molecule has 0 radical (unpaired) electrons. The van der Waals surface area contributed by atoms with E-state index in [0.717, 1.165) is 37.0 Å². The van der Waals surface area contributed by atoms with Gasteiger partial charge in [-0.05, 0) is 63.1 Å². The number of hydrogen-bond acceptors (Lipinski definition) is 4. The molecule has 2 aromatic rings. The number of fused-ring (bicyclic) bond motifs is 1. The Kier molecular flexibility index (Phi) is 3.76. The summed E-state index contributed by atoms with van der Waals surface area (Å²) in [6.45, 7) is 2.51. The zero-order valence-electron chi connectivity index (χ0n) is 13.9. The van der Waals surface area contributed by atoms with Crippen molar-refractivity contribution in [3.63, 3.8) is 0 Å². The van der Waals surface area contributed by atoms with Crippen molar-refractivity contribution in [1.29, 1.82) is 0 Å². The molecule has 2 aliphatic carbocycles. The summed E-state index contributed by atoms with van der Waals surface area (Å²) in [7, 11) is 0. The Hall–Kier alpha value is -2.01. The van der Waals surface area contributed by atoms with Crippen LogP contribution in [-0.4, -0.2) is 29.8 Å². The van der Waals surface area contributed by atoms with Crippen molar-refractivity contribution >= 4 is 16.9 Å². The van der Waals surface area contributed by atoms with E-state index in [-0.39, 0.29) is 12.5 Å². The van der Waals surface area contributed by atoms with Gasteiger partial charge in [0.25, 0.3) is 5.91 Å². The standard InChI is InChI=1S/C19H23NO4/c1-12-17(18(22)20-19(11-21)7-2-8-19)15-9-14(5-6-16(15)24-12)23-10-13-3-4-13/h5-6,9,13,21H,2-4,7-8,10-11H2,1H3,(H,20,22). The van der Waals surface area contributed by atoms with Crippen LogP contribution in [0.25, 0.3) is 11.0 Å². The van der Waals surface area contributed by atoms with Crippen molar-refractivity contribution in [3.05, 3.63) is 29.5 Å². The number of amides is 1. The van der Waals surface area contributed by atoms with Crippen molar-refractivity contribution in [2.24, 2.45) is 5.92 Å². The number of aryl methyl sites for hydroxylation is 1. The lowest BCUT2D eigenvalue weighted by atomic mass is 9.77. The highest BCUT2D eigenvalue weighted by Gasteiger charge is 2.38. The number of furan rings is 1. The zero-order valence-corrected chi connectivity index (χ0v) is 13.9. The Morgan fingerprint density at radius 3 is 2.83 bits per heavy atom. The zero-order chi connectivity index (χ0) is 16.7. The first kappa shape index (κ1) is 15.5. The van der Waals surface area contributed by atoms with Crippen LogP contribution in [-0.2, 0) is 0 Å². The number of nitrogens with one attached hydrogen (secondary N) is 1. The second-order valence-electron chi connectivity index (χ2n) is 7.19. The number of rotatable bonds is 6. The Labute approximate surface area is 141 Å². The maximum absolute atomic E-state index is 12.8. The highest BCUT2D eigenvalue weighted by molar-refractivity contribution is 6.07. The van der Waals surface area contributed by atoms with Crippen LogP contribution in [0, 0.1) is 12.8 Å². The monoisotopic (exact) mass is 329 g/mol. The van der Waals surface area contributed by atoms with Gasteiger partial charge in [-0.1, -0.05) is 0 Å². The molecule has 0 saturated heterocycles. The average Bonchev–Trinajstić information content (AvgIpc) is 3.30. The summed E-state index contributed by atoms with van der Waals surface area (Å²) in [5, 5.41) is 13.4. The van der Waals surface area contributed by atoms with Crippen molar-refractivity contribution < 1.29 is 19.1 Å². The van der Waals surface area contributed by atoms with E-state index < -0.39 is 5.54 Å². The van der Waals surface area contributed by atoms with E-state index >= 15 is 0 Å². The summed E-state index contributed by atoms with van der Waals surface area (Å²) >= 11 is 0. The number of aliphatic hydroxyl groups excluding tert-OH is 1. The van der Waals surface area contributed by atoms with Gasteiger partial charge >= 0.3 is 0 Å². The molecule has 0 atom stereocenters. The minimum absolute atomic E-state index is 0.0245. The fourth-order valence-electron chi connectivity index (χ4n) is 3.30. The van der Waals surface area contributed by atoms with Crippen LogP contribution in [0.1, 0.15) is 48.2 Å². The number of carbonyl (C=O) groups excluding carboxylic acids is 1. The van der Waals surface area contributed by atoms with E-state index in [1.807, 2.05) is 18.2 Å². The molecule has 2 aliphatic rings. The van der Waals surface area contributed by atoms with Gasteiger partial charge in [-0.15, -0.1) is 0 Å². The molecule has 0 aliphatic heterocycles. The van der Waals surface area contributed by atoms with Gasteiger partial charge in [0.15, 0.2) is 0 Å². The van der Waals surface area contributed by atoms with E-state index in [2.05, 4.69) is 5.32 Å².